The molecule has 0 radical (unpaired) electrons. The number of rotatable bonds is 9. The van der Waals surface area contributed by atoms with Crippen LogP contribution in [0.4, 0.5) is 11.4 Å². The molecule has 4 aromatic rings. The topological polar surface area (TPSA) is 108 Å². The van der Waals surface area contributed by atoms with Crippen molar-refractivity contribution < 1.29 is 18.0 Å². The molecule has 0 saturated heterocycles. The second-order valence-corrected chi connectivity index (χ2v) is 11.7. The van der Waals surface area contributed by atoms with E-state index in [1.807, 2.05) is 13.0 Å². The predicted molar refractivity (Wildman–Crippen MR) is 161 cm³/mol. The fraction of sp³-hybridized carbons (Fsp3) is 0.100. The van der Waals surface area contributed by atoms with Crippen LogP contribution in [0.2, 0.25) is 0 Å². The van der Waals surface area contributed by atoms with Crippen molar-refractivity contribution in [1.82, 2.24) is 5.43 Å². The van der Waals surface area contributed by atoms with Gasteiger partial charge in [-0.25, -0.2) is 13.8 Å². The molecule has 10 heteroatoms. The normalized spacial score (nSPS) is 11.5. The number of amides is 2. The summed E-state index contributed by atoms with van der Waals surface area (Å²) in [6, 6.07) is 29.0. The maximum absolute atomic E-state index is 13.5. The largest absolute Gasteiger partial charge is 0.322 e. The first-order chi connectivity index (χ1) is 19.1. The first-order valence-electron chi connectivity index (χ1n) is 12.3. The fourth-order valence-electron chi connectivity index (χ4n) is 3.75. The second-order valence-electron chi connectivity index (χ2n) is 8.93. The minimum atomic E-state index is -4.04. The third-order valence-electron chi connectivity index (χ3n) is 5.93. The van der Waals surface area contributed by atoms with E-state index in [9.17, 15) is 18.0 Å². The molecule has 0 bridgehead atoms. The summed E-state index contributed by atoms with van der Waals surface area (Å²) in [5, 5.41) is 7.02. The minimum absolute atomic E-state index is 0.0721. The highest BCUT2D eigenvalue weighted by Gasteiger charge is 2.27. The molecule has 8 nitrogen and oxygen atoms in total. The van der Waals surface area contributed by atoms with E-state index in [1.165, 1.54) is 12.1 Å². The second kappa shape index (κ2) is 12.7. The molecule has 2 amide bonds. The first-order valence-corrected chi connectivity index (χ1v) is 14.5. The van der Waals surface area contributed by atoms with Crippen LogP contribution >= 0.6 is 15.9 Å². The molecule has 0 unspecified atom stereocenters. The Balaban J connectivity index is 1.50. The molecule has 2 N–H and O–H groups in total. The number of nitrogens with one attached hydrogen (secondary N) is 2. The summed E-state index contributed by atoms with van der Waals surface area (Å²) < 4.78 is 28.9. The van der Waals surface area contributed by atoms with E-state index in [0.717, 1.165) is 14.3 Å². The van der Waals surface area contributed by atoms with Gasteiger partial charge in [0.1, 0.15) is 6.54 Å². The molecule has 0 atom stereocenters. The summed E-state index contributed by atoms with van der Waals surface area (Å²) in [6.07, 6.45) is 0. The molecule has 0 aliphatic heterocycles. The minimum Gasteiger partial charge on any atom is -0.322 e. The van der Waals surface area contributed by atoms with Gasteiger partial charge in [-0.3, -0.25) is 13.9 Å². The number of aryl methyl sites for hydroxylation is 1. The van der Waals surface area contributed by atoms with Gasteiger partial charge in [0.05, 0.1) is 16.3 Å². The van der Waals surface area contributed by atoms with Crippen molar-refractivity contribution in [1.29, 1.82) is 0 Å². The van der Waals surface area contributed by atoms with Crippen molar-refractivity contribution in [3.8, 4) is 0 Å². The Hall–Kier alpha value is -4.28. The smallest absolute Gasteiger partial charge is 0.264 e. The first kappa shape index (κ1) is 28.7. The number of anilines is 2. The lowest BCUT2D eigenvalue weighted by Crippen LogP contribution is -2.39. The van der Waals surface area contributed by atoms with E-state index in [2.05, 4.69) is 31.8 Å². The summed E-state index contributed by atoms with van der Waals surface area (Å²) in [5.41, 5.74) is 5.95. The molecule has 0 aromatic heterocycles. The highest BCUT2D eigenvalue weighted by atomic mass is 79.9. The number of nitrogens with zero attached hydrogens (tertiary/aromatic N) is 2. The number of benzene rings is 4. The zero-order valence-electron chi connectivity index (χ0n) is 21.8. The van der Waals surface area contributed by atoms with Crippen LogP contribution in [0.1, 0.15) is 28.4 Å². The lowest BCUT2D eigenvalue weighted by molar-refractivity contribution is -0.119. The van der Waals surface area contributed by atoms with E-state index in [4.69, 9.17) is 0 Å². The van der Waals surface area contributed by atoms with Crippen LogP contribution in [0.5, 0.6) is 0 Å². The van der Waals surface area contributed by atoms with Crippen LogP contribution in [0.15, 0.2) is 118 Å². The standard InChI is InChI=1S/C30H27BrN4O4S/c1-21-11-17-28(18-12-21)40(38,39)35(27-15-13-25(31)14-16-27)20-29(36)34-33-22(2)24-9-6-10-26(19-24)32-30(37)23-7-4-3-5-8-23/h3-19H,20H2,1-2H3,(H,32,37)(H,34,36)/b33-22-. The predicted octanol–water partition coefficient (Wildman–Crippen LogP) is 5.75. The van der Waals surface area contributed by atoms with Crippen LogP contribution in [0.25, 0.3) is 0 Å². The number of carbonyl (C=O) groups is 2. The van der Waals surface area contributed by atoms with Crippen molar-refractivity contribution in [2.75, 3.05) is 16.2 Å². The lowest BCUT2D eigenvalue weighted by atomic mass is 10.1. The Morgan fingerprint density at radius 3 is 2.17 bits per heavy atom. The molecule has 204 valence electrons. The Labute approximate surface area is 241 Å². The molecule has 0 aliphatic carbocycles. The van der Waals surface area contributed by atoms with Crippen LogP contribution in [-0.4, -0.2) is 32.5 Å². The van der Waals surface area contributed by atoms with Crippen molar-refractivity contribution in [2.45, 2.75) is 18.7 Å². The number of hydrogen-bond acceptors (Lipinski definition) is 5. The number of hydrazone groups is 1. The van der Waals surface area contributed by atoms with Crippen molar-refractivity contribution in [3.63, 3.8) is 0 Å². The van der Waals surface area contributed by atoms with Crippen LogP contribution < -0.4 is 15.0 Å². The summed E-state index contributed by atoms with van der Waals surface area (Å²) in [5.74, 6) is -0.866. The quantitative estimate of drug-likeness (QED) is 0.184. The molecular weight excluding hydrogens is 592 g/mol. The Morgan fingerprint density at radius 1 is 0.850 bits per heavy atom. The Morgan fingerprint density at radius 2 is 1.50 bits per heavy atom. The number of carbonyl (C=O) groups excluding carboxylic acids is 2. The van der Waals surface area contributed by atoms with Gasteiger partial charge in [-0.2, -0.15) is 5.10 Å². The van der Waals surface area contributed by atoms with Crippen LogP contribution in [-0.2, 0) is 14.8 Å². The third-order valence-corrected chi connectivity index (χ3v) is 8.25. The fourth-order valence-corrected chi connectivity index (χ4v) is 5.44. The van der Waals surface area contributed by atoms with E-state index in [0.29, 0.717) is 28.2 Å². The van der Waals surface area contributed by atoms with E-state index in [1.54, 1.807) is 91.9 Å². The maximum Gasteiger partial charge on any atom is 0.264 e. The molecule has 4 rings (SSSR count). The number of halogens is 1. The van der Waals surface area contributed by atoms with Crippen LogP contribution in [0.3, 0.4) is 0 Å². The van der Waals surface area contributed by atoms with E-state index in [-0.39, 0.29) is 10.8 Å². The molecule has 0 saturated carbocycles. The third kappa shape index (κ3) is 7.22. The Bertz CT molecular complexity index is 1640. The summed E-state index contributed by atoms with van der Waals surface area (Å²) in [7, 11) is -4.04. The van der Waals surface area contributed by atoms with Crippen LogP contribution in [0, 0.1) is 6.92 Å². The maximum atomic E-state index is 13.5. The lowest BCUT2D eigenvalue weighted by Gasteiger charge is -2.24. The Kier molecular flexibility index (Phi) is 9.13. The monoisotopic (exact) mass is 618 g/mol. The van der Waals surface area contributed by atoms with Gasteiger partial charge in [0.2, 0.25) is 0 Å². The summed E-state index contributed by atoms with van der Waals surface area (Å²) in [6.45, 7) is 3.08. The summed E-state index contributed by atoms with van der Waals surface area (Å²) >= 11 is 3.35. The average molecular weight is 620 g/mol. The van der Waals surface area contributed by atoms with Gasteiger partial charge in [0.15, 0.2) is 0 Å². The van der Waals surface area contributed by atoms with Gasteiger partial charge in [0.25, 0.3) is 21.8 Å². The number of sulfonamides is 1. The zero-order chi connectivity index (χ0) is 28.7. The van der Waals surface area contributed by atoms with Gasteiger partial charge in [-0.05, 0) is 80.1 Å². The average Bonchev–Trinajstić information content (AvgIpc) is 2.96. The molecule has 0 fully saturated rings. The molecule has 0 spiro atoms. The van der Waals surface area contributed by atoms with Gasteiger partial charge in [-0.1, -0.05) is 64.0 Å². The molecule has 40 heavy (non-hydrogen) atoms. The van der Waals surface area contributed by atoms with Crippen molar-refractivity contribution in [2.24, 2.45) is 5.10 Å². The van der Waals surface area contributed by atoms with Gasteiger partial charge in [0, 0.05) is 15.7 Å². The van der Waals surface area contributed by atoms with Crippen molar-refractivity contribution >= 4 is 54.9 Å². The molecule has 0 heterocycles. The van der Waals surface area contributed by atoms with Gasteiger partial charge < -0.3 is 5.32 Å². The van der Waals surface area contributed by atoms with Gasteiger partial charge >= 0.3 is 0 Å². The molecule has 4 aromatic carbocycles. The van der Waals surface area contributed by atoms with Gasteiger partial charge in [-0.15, -0.1) is 0 Å². The van der Waals surface area contributed by atoms with Crippen molar-refractivity contribution in [3.05, 3.63) is 124 Å². The molecular formula is C30H27BrN4O4S. The van der Waals surface area contributed by atoms with E-state index < -0.39 is 22.5 Å². The SMILES string of the molecule is C/C(=N/NC(=O)CN(c1ccc(Br)cc1)S(=O)(=O)c1ccc(C)cc1)c1cccc(NC(=O)c2ccccc2)c1. The summed E-state index contributed by atoms with van der Waals surface area (Å²) in [4.78, 5) is 25.5. The highest BCUT2D eigenvalue weighted by molar-refractivity contribution is 9.10. The number of hydrogen-bond donors (Lipinski definition) is 2. The van der Waals surface area contributed by atoms with E-state index >= 15 is 0 Å². The zero-order valence-corrected chi connectivity index (χ0v) is 24.2. The highest BCUT2D eigenvalue weighted by Crippen LogP contribution is 2.25. The molecule has 0 aliphatic rings.